The Bertz CT molecular complexity index is 1180. The van der Waals surface area contributed by atoms with Crippen molar-refractivity contribution in [1.82, 2.24) is 14.6 Å². The summed E-state index contributed by atoms with van der Waals surface area (Å²) in [6.45, 7) is -1.85. The van der Waals surface area contributed by atoms with E-state index in [9.17, 15) is 39.6 Å². The zero-order valence-corrected chi connectivity index (χ0v) is 17.6. The Morgan fingerprint density at radius 2 is 1.82 bits per heavy atom. The van der Waals surface area contributed by atoms with Gasteiger partial charge in [-0.05, 0) is 36.3 Å². The number of aromatic nitrogens is 1. The summed E-state index contributed by atoms with van der Waals surface area (Å²) in [7, 11) is -4.23. The minimum Gasteiger partial charge on any atom is -0.342 e. The van der Waals surface area contributed by atoms with Crippen LogP contribution in [-0.4, -0.2) is 49.4 Å². The fourth-order valence-corrected chi connectivity index (χ4v) is 4.63. The van der Waals surface area contributed by atoms with Gasteiger partial charge in [0.05, 0.1) is 10.5 Å². The second-order valence-electron chi connectivity index (χ2n) is 7.07. The van der Waals surface area contributed by atoms with Crippen molar-refractivity contribution < 1.29 is 39.6 Å². The lowest BCUT2D eigenvalue weighted by atomic mass is 9.98. The van der Waals surface area contributed by atoms with Crippen LogP contribution in [0.2, 0.25) is 0 Å². The van der Waals surface area contributed by atoms with Gasteiger partial charge >= 0.3 is 12.4 Å². The summed E-state index contributed by atoms with van der Waals surface area (Å²) in [5.74, 6) is -1.04. The molecule has 0 bridgehead atoms. The molecule has 0 spiro atoms. The number of alkyl halides is 6. The van der Waals surface area contributed by atoms with Crippen molar-refractivity contribution in [3.8, 4) is 0 Å². The van der Waals surface area contributed by atoms with Crippen molar-refractivity contribution in [2.24, 2.45) is 0 Å². The van der Waals surface area contributed by atoms with Crippen molar-refractivity contribution in [3.05, 3.63) is 65.5 Å². The zero-order chi connectivity index (χ0) is 24.4. The van der Waals surface area contributed by atoms with Gasteiger partial charge < -0.3 is 5.32 Å². The fourth-order valence-electron chi connectivity index (χ4n) is 3.20. The summed E-state index contributed by atoms with van der Waals surface area (Å²) in [4.78, 5) is 15.5. The standard InChI is InChI=1S/C20H17F6N3O3S/c21-19(22,23)12-28-18(30)17-16(5-2-8-27-17)13-6-9-29(10-7-13)33(31,32)15-4-1-3-14(11-15)20(24,25)26/h1-6,8,11H,7,9-10,12H2,(H,28,30). The Balaban J connectivity index is 1.81. The van der Waals surface area contributed by atoms with Crippen LogP contribution in [0.3, 0.4) is 0 Å². The van der Waals surface area contributed by atoms with Crippen molar-refractivity contribution in [2.45, 2.75) is 23.7 Å². The Labute approximate surface area is 185 Å². The summed E-state index contributed by atoms with van der Waals surface area (Å²) < 4.78 is 103. The summed E-state index contributed by atoms with van der Waals surface area (Å²) in [6, 6.07) is 6.33. The highest BCUT2D eigenvalue weighted by Crippen LogP contribution is 2.32. The monoisotopic (exact) mass is 493 g/mol. The van der Waals surface area contributed by atoms with Gasteiger partial charge in [0.15, 0.2) is 0 Å². The highest BCUT2D eigenvalue weighted by Gasteiger charge is 2.34. The van der Waals surface area contributed by atoms with E-state index in [0.717, 1.165) is 22.5 Å². The molecule has 3 rings (SSSR count). The molecule has 0 saturated carbocycles. The third kappa shape index (κ3) is 5.90. The molecule has 1 aliphatic heterocycles. The van der Waals surface area contributed by atoms with Gasteiger partial charge in [0.25, 0.3) is 5.91 Å². The number of amides is 1. The zero-order valence-electron chi connectivity index (χ0n) is 16.7. The van der Waals surface area contributed by atoms with Crippen molar-refractivity contribution >= 4 is 21.5 Å². The van der Waals surface area contributed by atoms with Gasteiger partial charge in [0.2, 0.25) is 10.0 Å². The predicted octanol–water partition coefficient (Wildman–Crippen LogP) is 3.87. The molecule has 1 N–H and O–H groups in total. The quantitative estimate of drug-likeness (QED) is 0.642. The van der Waals surface area contributed by atoms with Crippen molar-refractivity contribution in [3.63, 3.8) is 0 Å². The predicted molar refractivity (Wildman–Crippen MR) is 105 cm³/mol. The molecule has 2 heterocycles. The number of carbonyl (C=O) groups is 1. The summed E-state index contributed by atoms with van der Waals surface area (Å²) in [5.41, 5.74) is -0.618. The number of nitrogens with one attached hydrogen (secondary N) is 1. The van der Waals surface area contributed by atoms with E-state index in [2.05, 4.69) is 4.98 Å². The Hall–Kier alpha value is -2.93. The molecule has 0 unspecified atom stereocenters. The van der Waals surface area contributed by atoms with Crippen LogP contribution in [0.5, 0.6) is 0 Å². The topological polar surface area (TPSA) is 79.4 Å². The van der Waals surface area contributed by atoms with E-state index in [0.29, 0.717) is 11.6 Å². The van der Waals surface area contributed by atoms with Crippen molar-refractivity contribution in [2.75, 3.05) is 19.6 Å². The second kappa shape index (κ2) is 9.14. The van der Waals surface area contributed by atoms with Gasteiger partial charge in [-0.25, -0.2) is 8.42 Å². The molecular weight excluding hydrogens is 476 g/mol. The molecule has 0 atom stereocenters. The van der Waals surface area contributed by atoms with E-state index < -0.39 is 45.3 Å². The van der Waals surface area contributed by atoms with E-state index in [1.54, 1.807) is 5.32 Å². The Morgan fingerprint density at radius 3 is 2.42 bits per heavy atom. The first kappa shape index (κ1) is 24.7. The molecular formula is C20H17F6N3O3S. The molecule has 0 aliphatic carbocycles. The molecule has 178 valence electrons. The number of pyridine rings is 1. The average Bonchev–Trinajstić information content (AvgIpc) is 2.76. The maximum Gasteiger partial charge on any atom is 0.416 e. The van der Waals surface area contributed by atoms with Gasteiger partial charge in [-0.2, -0.15) is 30.6 Å². The van der Waals surface area contributed by atoms with Crippen LogP contribution in [0.1, 0.15) is 28.0 Å². The minimum absolute atomic E-state index is 0.0729. The molecule has 2 aromatic rings. The van der Waals surface area contributed by atoms with E-state index in [-0.39, 0.29) is 30.8 Å². The molecule has 13 heteroatoms. The van der Waals surface area contributed by atoms with E-state index in [1.807, 2.05) is 0 Å². The maximum absolute atomic E-state index is 12.9. The smallest absolute Gasteiger partial charge is 0.342 e. The largest absolute Gasteiger partial charge is 0.416 e. The van der Waals surface area contributed by atoms with Crippen molar-refractivity contribution in [1.29, 1.82) is 0 Å². The van der Waals surface area contributed by atoms with Crippen LogP contribution in [-0.2, 0) is 16.2 Å². The molecule has 0 radical (unpaired) electrons. The molecule has 1 aromatic carbocycles. The number of rotatable bonds is 5. The third-order valence-corrected chi connectivity index (χ3v) is 6.65. The van der Waals surface area contributed by atoms with Gasteiger partial charge in [-0.15, -0.1) is 0 Å². The summed E-state index contributed by atoms with van der Waals surface area (Å²) in [6.07, 6.45) is -6.55. The lowest BCUT2D eigenvalue weighted by Crippen LogP contribution is -2.36. The highest BCUT2D eigenvalue weighted by molar-refractivity contribution is 7.89. The van der Waals surface area contributed by atoms with Crippen LogP contribution < -0.4 is 5.32 Å². The lowest BCUT2D eigenvalue weighted by molar-refractivity contribution is -0.137. The maximum atomic E-state index is 12.9. The first-order chi connectivity index (χ1) is 15.3. The number of halogens is 6. The summed E-state index contributed by atoms with van der Waals surface area (Å²) >= 11 is 0. The van der Waals surface area contributed by atoms with Crippen LogP contribution >= 0.6 is 0 Å². The number of benzene rings is 1. The molecule has 1 amide bonds. The van der Waals surface area contributed by atoms with E-state index in [1.165, 1.54) is 24.4 Å². The molecule has 0 fully saturated rings. The van der Waals surface area contributed by atoms with E-state index >= 15 is 0 Å². The minimum atomic E-state index is -4.70. The van der Waals surface area contributed by atoms with Gasteiger partial charge in [0, 0.05) is 24.8 Å². The molecule has 33 heavy (non-hydrogen) atoms. The van der Waals surface area contributed by atoms with E-state index in [4.69, 9.17) is 0 Å². The second-order valence-corrected chi connectivity index (χ2v) is 9.00. The highest BCUT2D eigenvalue weighted by atomic mass is 32.2. The number of sulfonamides is 1. The van der Waals surface area contributed by atoms with Gasteiger partial charge in [-0.1, -0.05) is 18.2 Å². The lowest BCUT2D eigenvalue weighted by Gasteiger charge is -2.26. The van der Waals surface area contributed by atoms with Gasteiger partial charge in [0.1, 0.15) is 12.2 Å². The average molecular weight is 493 g/mol. The Kier molecular flexibility index (Phi) is 6.84. The summed E-state index contributed by atoms with van der Waals surface area (Å²) in [5, 5.41) is 1.74. The fraction of sp³-hybridized carbons (Fsp3) is 0.300. The van der Waals surface area contributed by atoms with Crippen LogP contribution in [0.15, 0.2) is 53.6 Å². The number of nitrogens with zero attached hydrogens (tertiary/aromatic N) is 2. The first-order valence-electron chi connectivity index (χ1n) is 9.46. The van der Waals surface area contributed by atoms with Crippen LogP contribution in [0, 0.1) is 0 Å². The normalized spacial score (nSPS) is 15.8. The Morgan fingerprint density at radius 1 is 1.09 bits per heavy atom. The molecule has 1 aromatic heterocycles. The molecule has 6 nitrogen and oxygen atoms in total. The van der Waals surface area contributed by atoms with Crippen LogP contribution in [0.25, 0.3) is 5.57 Å². The molecule has 1 aliphatic rings. The number of carbonyl (C=O) groups excluding carboxylic acids is 1. The number of hydrogen-bond acceptors (Lipinski definition) is 4. The molecule has 0 saturated heterocycles. The number of hydrogen-bond donors (Lipinski definition) is 1. The SMILES string of the molecule is O=C(NCC(F)(F)F)c1ncccc1C1=CCN(S(=O)(=O)c2cccc(C(F)(F)F)c2)CC1. The third-order valence-electron chi connectivity index (χ3n) is 4.79. The van der Waals surface area contributed by atoms with Crippen LogP contribution in [0.4, 0.5) is 26.3 Å². The first-order valence-corrected chi connectivity index (χ1v) is 10.9. The van der Waals surface area contributed by atoms with Gasteiger partial charge in [-0.3, -0.25) is 9.78 Å².